The summed E-state index contributed by atoms with van der Waals surface area (Å²) < 4.78 is 5.46. The van der Waals surface area contributed by atoms with E-state index in [1.54, 1.807) is 6.08 Å². The fourth-order valence-corrected chi connectivity index (χ4v) is 8.06. The van der Waals surface area contributed by atoms with E-state index in [0.29, 0.717) is 19.4 Å². The summed E-state index contributed by atoms with van der Waals surface area (Å²) in [6.07, 6.45) is 65.6. The second kappa shape index (κ2) is 52.4. The first-order valence-corrected chi connectivity index (χ1v) is 27.4. The van der Waals surface area contributed by atoms with Crippen molar-refractivity contribution < 1.29 is 24.5 Å². The van der Waals surface area contributed by atoms with Crippen LogP contribution < -0.4 is 5.32 Å². The van der Waals surface area contributed by atoms with Crippen molar-refractivity contribution in [1.29, 1.82) is 0 Å². The molecule has 0 bridgehead atoms. The van der Waals surface area contributed by atoms with Gasteiger partial charge in [-0.2, -0.15) is 0 Å². The lowest BCUT2D eigenvalue weighted by molar-refractivity contribution is -0.143. The van der Waals surface area contributed by atoms with Crippen molar-refractivity contribution in [1.82, 2.24) is 5.32 Å². The molecule has 0 saturated carbocycles. The van der Waals surface area contributed by atoms with Gasteiger partial charge in [-0.1, -0.05) is 229 Å². The molecule has 2 atom stereocenters. The van der Waals surface area contributed by atoms with Gasteiger partial charge in [0, 0.05) is 12.8 Å². The van der Waals surface area contributed by atoms with Gasteiger partial charge >= 0.3 is 5.97 Å². The van der Waals surface area contributed by atoms with Gasteiger partial charge in [0.05, 0.1) is 25.4 Å². The predicted octanol–water partition coefficient (Wildman–Crippen LogP) is 16.6. The first-order chi connectivity index (χ1) is 31.0. The van der Waals surface area contributed by atoms with Crippen LogP contribution in [0.25, 0.3) is 0 Å². The maximum absolute atomic E-state index is 12.4. The Balaban J connectivity index is 3.43. The predicted molar refractivity (Wildman–Crippen MR) is 273 cm³/mol. The van der Waals surface area contributed by atoms with E-state index in [4.69, 9.17) is 4.74 Å². The molecule has 368 valence electrons. The monoisotopic (exact) mass is 884 g/mol. The van der Waals surface area contributed by atoms with Gasteiger partial charge in [0.2, 0.25) is 5.91 Å². The summed E-state index contributed by atoms with van der Waals surface area (Å²) >= 11 is 0. The van der Waals surface area contributed by atoms with Gasteiger partial charge in [-0.3, -0.25) is 9.59 Å². The SMILES string of the molecule is CCCC/C=C\C/C=C\CCCCCCCC(=O)OCCCCCCCCCCCCC/C=C\CCCCCCCCCC(=O)NC(CO)C(O)/C=C/CCCCCCCCCC. The summed E-state index contributed by atoms with van der Waals surface area (Å²) in [4.78, 5) is 24.4. The third-order valence-electron chi connectivity index (χ3n) is 12.3. The van der Waals surface area contributed by atoms with E-state index >= 15 is 0 Å². The molecule has 0 rings (SSSR count). The van der Waals surface area contributed by atoms with Crippen LogP contribution in [0.1, 0.15) is 277 Å². The Kier molecular flexibility index (Phi) is 50.6. The highest BCUT2D eigenvalue weighted by atomic mass is 16.5. The molecule has 6 nitrogen and oxygen atoms in total. The van der Waals surface area contributed by atoms with Crippen molar-refractivity contribution in [3.63, 3.8) is 0 Å². The highest BCUT2D eigenvalue weighted by Gasteiger charge is 2.18. The number of hydrogen-bond donors (Lipinski definition) is 3. The van der Waals surface area contributed by atoms with Crippen LogP contribution in [-0.2, 0) is 14.3 Å². The van der Waals surface area contributed by atoms with E-state index < -0.39 is 12.1 Å². The number of unbranched alkanes of at least 4 members (excludes halogenated alkanes) is 33. The highest BCUT2D eigenvalue weighted by molar-refractivity contribution is 5.76. The number of carbonyl (C=O) groups is 2. The number of hydrogen-bond acceptors (Lipinski definition) is 5. The lowest BCUT2D eigenvalue weighted by Gasteiger charge is -2.20. The molecule has 3 N–H and O–H groups in total. The lowest BCUT2D eigenvalue weighted by Crippen LogP contribution is -2.45. The summed E-state index contributed by atoms with van der Waals surface area (Å²) in [6.45, 7) is 4.82. The van der Waals surface area contributed by atoms with Crippen LogP contribution >= 0.6 is 0 Å². The number of rotatable bonds is 50. The molecule has 0 aliphatic carbocycles. The van der Waals surface area contributed by atoms with Crippen molar-refractivity contribution in [2.45, 2.75) is 289 Å². The molecule has 2 unspecified atom stereocenters. The van der Waals surface area contributed by atoms with Crippen molar-refractivity contribution >= 4 is 11.9 Å². The van der Waals surface area contributed by atoms with Crippen LogP contribution in [0.15, 0.2) is 48.6 Å². The average Bonchev–Trinajstić information content (AvgIpc) is 3.28. The zero-order valence-electron chi connectivity index (χ0n) is 41.8. The Labute approximate surface area is 391 Å². The van der Waals surface area contributed by atoms with E-state index in [0.717, 1.165) is 57.8 Å². The summed E-state index contributed by atoms with van der Waals surface area (Å²) in [6, 6.07) is -0.632. The fourth-order valence-electron chi connectivity index (χ4n) is 8.06. The van der Waals surface area contributed by atoms with E-state index in [1.165, 1.54) is 193 Å². The number of esters is 1. The maximum Gasteiger partial charge on any atom is 0.305 e. The summed E-state index contributed by atoms with van der Waals surface area (Å²) in [5, 5.41) is 22.9. The smallest absolute Gasteiger partial charge is 0.305 e. The number of amides is 1. The van der Waals surface area contributed by atoms with Crippen LogP contribution in [0.3, 0.4) is 0 Å². The minimum Gasteiger partial charge on any atom is -0.466 e. The fraction of sp³-hybridized carbons (Fsp3) is 0.825. The molecule has 0 aromatic rings. The Morgan fingerprint density at radius 3 is 1.27 bits per heavy atom. The lowest BCUT2D eigenvalue weighted by atomic mass is 10.0. The van der Waals surface area contributed by atoms with Gasteiger partial charge in [0.1, 0.15) is 0 Å². The molecule has 0 spiro atoms. The molecule has 0 fully saturated rings. The minimum absolute atomic E-state index is 0.00620. The second-order valence-electron chi connectivity index (χ2n) is 18.5. The zero-order chi connectivity index (χ0) is 45.8. The Morgan fingerprint density at radius 2 is 0.810 bits per heavy atom. The molecule has 1 amide bonds. The topological polar surface area (TPSA) is 95.9 Å². The van der Waals surface area contributed by atoms with Crippen LogP contribution in [0.2, 0.25) is 0 Å². The number of ether oxygens (including phenoxy) is 1. The molecule has 63 heavy (non-hydrogen) atoms. The van der Waals surface area contributed by atoms with Crippen molar-refractivity contribution in [2.75, 3.05) is 13.2 Å². The molecule has 0 aromatic carbocycles. The van der Waals surface area contributed by atoms with Crippen LogP contribution in [-0.4, -0.2) is 47.4 Å². The van der Waals surface area contributed by atoms with Crippen LogP contribution in [0.4, 0.5) is 0 Å². The molecule has 0 heterocycles. The quantitative estimate of drug-likeness (QED) is 0.0321. The largest absolute Gasteiger partial charge is 0.466 e. The molecule has 0 aromatic heterocycles. The Bertz CT molecular complexity index is 1070. The van der Waals surface area contributed by atoms with Crippen molar-refractivity contribution in [2.24, 2.45) is 0 Å². The van der Waals surface area contributed by atoms with E-state index in [1.807, 2.05) is 6.08 Å². The molecule has 6 heteroatoms. The van der Waals surface area contributed by atoms with Gasteiger partial charge < -0.3 is 20.3 Å². The van der Waals surface area contributed by atoms with E-state index in [2.05, 4.69) is 55.6 Å². The number of allylic oxidation sites excluding steroid dienone is 7. The normalized spacial score (nSPS) is 13.0. The van der Waals surface area contributed by atoms with Gasteiger partial charge in [0.15, 0.2) is 0 Å². The maximum atomic E-state index is 12.4. The standard InChI is InChI=1S/C57H105NO5/c1-3-5-7-9-11-13-15-16-28-31-35-39-43-47-51-57(62)63-52-48-44-40-36-32-29-26-24-22-20-18-17-19-21-23-25-27-30-34-38-42-46-50-56(61)58-54(53-59)55(60)49-45-41-37-33-14-12-10-8-6-4-2/h9,11,15-16,19,21,45,49,54-55,59-60H,3-8,10,12-14,17-18,20,22-44,46-48,50-53H2,1-2H3,(H,58,61)/b11-9-,16-15-,21-19-,49-45+. The first-order valence-electron chi connectivity index (χ1n) is 27.4. The summed E-state index contributed by atoms with van der Waals surface area (Å²) in [7, 11) is 0. The molecule has 0 aliphatic heterocycles. The molecule has 0 saturated heterocycles. The Hall–Kier alpha value is -2.18. The van der Waals surface area contributed by atoms with E-state index in [-0.39, 0.29) is 18.5 Å². The highest BCUT2D eigenvalue weighted by Crippen LogP contribution is 2.15. The van der Waals surface area contributed by atoms with Crippen molar-refractivity contribution in [3.8, 4) is 0 Å². The van der Waals surface area contributed by atoms with Crippen molar-refractivity contribution in [3.05, 3.63) is 48.6 Å². The summed E-state index contributed by atoms with van der Waals surface area (Å²) in [5.41, 5.74) is 0. The second-order valence-corrected chi connectivity index (χ2v) is 18.5. The number of aliphatic hydroxyl groups is 2. The number of carbonyl (C=O) groups excluding carboxylic acids is 2. The van der Waals surface area contributed by atoms with Crippen LogP contribution in [0.5, 0.6) is 0 Å². The molecule has 0 radical (unpaired) electrons. The average molecular weight is 884 g/mol. The van der Waals surface area contributed by atoms with Gasteiger partial charge in [-0.15, -0.1) is 0 Å². The minimum atomic E-state index is -0.847. The number of aliphatic hydroxyl groups excluding tert-OH is 2. The van der Waals surface area contributed by atoms with E-state index in [9.17, 15) is 19.8 Å². The molecule has 0 aliphatic rings. The van der Waals surface area contributed by atoms with Gasteiger partial charge in [0.25, 0.3) is 0 Å². The van der Waals surface area contributed by atoms with Crippen LogP contribution in [0, 0.1) is 0 Å². The third kappa shape index (κ3) is 49.1. The molecular weight excluding hydrogens is 779 g/mol. The van der Waals surface area contributed by atoms with Gasteiger partial charge in [-0.25, -0.2) is 0 Å². The zero-order valence-corrected chi connectivity index (χ0v) is 41.8. The number of nitrogens with one attached hydrogen (secondary N) is 1. The molecular formula is C57H105NO5. The summed E-state index contributed by atoms with van der Waals surface area (Å²) in [5.74, 6) is -0.0843. The first kappa shape index (κ1) is 60.8. The third-order valence-corrected chi connectivity index (χ3v) is 12.3. The Morgan fingerprint density at radius 1 is 0.444 bits per heavy atom. The van der Waals surface area contributed by atoms with Gasteiger partial charge in [-0.05, 0) is 83.5 Å².